The van der Waals surface area contributed by atoms with Gasteiger partial charge < -0.3 is 24.8 Å². The zero-order valence-corrected chi connectivity index (χ0v) is 22.6. The van der Waals surface area contributed by atoms with Gasteiger partial charge in [0.05, 0.1) is 50.7 Å². The predicted octanol–water partition coefficient (Wildman–Crippen LogP) is 6.40. The third kappa shape index (κ3) is 6.08. The Bertz CT molecular complexity index is 1560. The fraction of sp³-hybridized carbons (Fsp3) is 0.414. The summed E-state index contributed by atoms with van der Waals surface area (Å²) in [5.74, 6) is 0.885. The minimum absolute atomic E-state index is 0.0263. The topological polar surface area (TPSA) is 94.6 Å². The number of rotatable bonds is 11. The number of pyridine rings is 2. The van der Waals surface area contributed by atoms with Crippen LogP contribution in [0.4, 0.5) is 11.6 Å². The average Bonchev–Trinajstić information content (AvgIpc) is 3.79. The smallest absolute Gasteiger partial charge is 0.155 e. The summed E-state index contributed by atoms with van der Waals surface area (Å²) in [7, 11) is -5.79. The molecule has 3 aromatic rings. The lowest BCUT2D eigenvalue weighted by Crippen LogP contribution is -2.39. The maximum absolute atomic E-state index is 12.1. The number of fused-ring (bicyclic) bond motifs is 1. The molecule has 2 aromatic heterocycles. The number of ketones is 1. The number of hydrogen-bond acceptors (Lipinski definition) is 8. The van der Waals surface area contributed by atoms with Crippen molar-refractivity contribution in [1.82, 2.24) is 9.97 Å². The molecule has 5 rings (SSSR count). The number of aromatic nitrogens is 2. The van der Waals surface area contributed by atoms with Crippen LogP contribution in [0.15, 0.2) is 37.1 Å². The Balaban J connectivity index is 1.58. The van der Waals surface area contributed by atoms with Crippen molar-refractivity contribution in [2.45, 2.75) is 31.7 Å². The van der Waals surface area contributed by atoms with Crippen LogP contribution < -0.4 is 20.1 Å². The van der Waals surface area contributed by atoms with E-state index < -0.39 is 14.1 Å². The first-order chi connectivity index (χ1) is 21.2. The van der Waals surface area contributed by atoms with E-state index in [0.29, 0.717) is 49.1 Å². The Kier molecular flexibility index (Phi) is 6.38. The van der Waals surface area contributed by atoms with Gasteiger partial charge in [-0.15, -0.1) is 0 Å². The van der Waals surface area contributed by atoms with Crippen molar-refractivity contribution in [2.75, 3.05) is 44.5 Å². The molecular formula is C29H32Cl2N4O4. The van der Waals surface area contributed by atoms with Crippen molar-refractivity contribution >= 4 is 51.4 Å². The highest BCUT2D eigenvalue weighted by Gasteiger charge is 2.28. The standard InChI is InChI=1S/C29H32Cl2N4O4/c1-4-19(36)9-17-7-8-39-15-22(17)34-25-11-20-18(14-32-25)10-21(35-29(20)33-13-16-5-6-16)26-27(30)23(37-2)12-24(38-3)28(26)31/h4,10-12,14,16-17,22H,1,5-9,13,15H2,2-3H3,(H,32,34)(H,33,35)/t17-,22-/m1/s1/i2D3,3D3. The molecule has 2 fully saturated rings. The molecule has 0 radical (unpaired) electrons. The Morgan fingerprint density at radius 3 is 2.67 bits per heavy atom. The van der Waals surface area contributed by atoms with E-state index in [0.717, 1.165) is 30.7 Å². The van der Waals surface area contributed by atoms with E-state index in [1.807, 2.05) is 6.07 Å². The molecule has 0 amide bonds. The van der Waals surface area contributed by atoms with E-state index in [1.165, 1.54) is 6.08 Å². The van der Waals surface area contributed by atoms with Gasteiger partial charge in [0.25, 0.3) is 0 Å². The van der Waals surface area contributed by atoms with Crippen LogP contribution in [0.25, 0.3) is 22.0 Å². The van der Waals surface area contributed by atoms with Crippen molar-refractivity contribution in [3.8, 4) is 22.8 Å². The molecule has 1 aliphatic heterocycles. The highest BCUT2D eigenvalue weighted by atomic mass is 35.5. The molecule has 0 spiro atoms. The van der Waals surface area contributed by atoms with Crippen molar-refractivity contribution < 1.29 is 27.2 Å². The third-order valence-corrected chi connectivity index (χ3v) is 7.85. The SMILES string of the molecule is [2H]C([2H])([2H])Oc1cc(OC([2H])([2H])[2H])c(Cl)c(-c2cc3cnc(N[C@@H]4COCC[C@@H]4CC(=O)C=C)cc3c(NCC3CC3)n2)c1Cl. The van der Waals surface area contributed by atoms with Crippen LogP contribution in [0.3, 0.4) is 0 Å². The molecule has 2 N–H and O–H groups in total. The lowest BCUT2D eigenvalue weighted by Gasteiger charge is -2.32. The van der Waals surface area contributed by atoms with Gasteiger partial charge >= 0.3 is 0 Å². The number of methoxy groups -OCH3 is 2. The van der Waals surface area contributed by atoms with Crippen LogP contribution in [0, 0.1) is 11.8 Å². The van der Waals surface area contributed by atoms with Crippen molar-refractivity contribution in [2.24, 2.45) is 11.8 Å². The van der Waals surface area contributed by atoms with E-state index in [2.05, 4.69) is 22.2 Å². The number of nitrogens with zero attached hydrogens (tertiary/aromatic N) is 2. The van der Waals surface area contributed by atoms with Crippen LogP contribution in [0.2, 0.25) is 10.0 Å². The average molecular weight is 578 g/mol. The molecule has 2 atom stereocenters. The van der Waals surface area contributed by atoms with Crippen molar-refractivity contribution in [1.29, 1.82) is 0 Å². The van der Waals surface area contributed by atoms with Crippen LogP contribution in [-0.4, -0.2) is 55.6 Å². The number of allylic oxidation sites excluding steroid dienone is 1. The second-order valence-corrected chi connectivity index (χ2v) is 10.6. The summed E-state index contributed by atoms with van der Waals surface area (Å²) in [6.07, 6.45) is 6.24. The Hall–Kier alpha value is -3.07. The van der Waals surface area contributed by atoms with Gasteiger partial charge in [0.2, 0.25) is 0 Å². The van der Waals surface area contributed by atoms with E-state index in [9.17, 15) is 4.79 Å². The molecular weight excluding hydrogens is 539 g/mol. The minimum Gasteiger partial charge on any atom is -0.495 e. The Morgan fingerprint density at radius 1 is 1.21 bits per heavy atom. The minimum atomic E-state index is -2.89. The lowest BCUT2D eigenvalue weighted by atomic mass is 9.89. The predicted molar refractivity (Wildman–Crippen MR) is 155 cm³/mol. The molecule has 3 heterocycles. The fourth-order valence-electron chi connectivity index (χ4n) is 4.73. The highest BCUT2D eigenvalue weighted by molar-refractivity contribution is 6.41. The molecule has 206 valence electrons. The van der Waals surface area contributed by atoms with E-state index in [4.69, 9.17) is 50.6 Å². The number of benzene rings is 1. The molecule has 1 saturated heterocycles. The zero-order valence-electron chi connectivity index (χ0n) is 27.1. The van der Waals surface area contributed by atoms with Gasteiger partial charge in [-0.25, -0.2) is 9.97 Å². The Morgan fingerprint density at radius 2 is 1.97 bits per heavy atom. The molecule has 8 nitrogen and oxygen atoms in total. The van der Waals surface area contributed by atoms with E-state index in [-0.39, 0.29) is 50.5 Å². The summed E-state index contributed by atoms with van der Waals surface area (Å²) in [6.45, 7) is 5.24. The van der Waals surface area contributed by atoms with Crippen molar-refractivity contribution in [3.05, 3.63) is 47.1 Å². The summed E-state index contributed by atoms with van der Waals surface area (Å²) in [6, 6.07) is 4.40. The molecule has 1 aromatic carbocycles. The lowest BCUT2D eigenvalue weighted by molar-refractivity contribution is -0.116. The summed E-state index contributed by atoms with van der Waals surface area (Å²) in [5.41, 5.74) is 0.250. The summed E-state index contributed by atoms with van der Waals surface area (Å²) >= 11 is 13.3. The first-order valence-corrected chi connectivity index (χ1v) is 13.4. The molecule has 1 aliphatic carbocycles. The van der Waals surface area contributed by atoms with Crippen LogP contribution in [0.1, 0.15) is 33.9 Å². The molecule has 1 saturated carbocycles. The van der Waals surface area contributed by atoms with Gasteiger partial charge in [0, 0.05) is 48.2 Å². The van der Waals surface area contributed by atoms with Gasteiger partial charge in [-0.2, -0.15) is 0 Å². The fourth-order valence-corrected chi connectivity index (χ4v) is 5.35. The molecule has 0 unspecified atom stereocenters. The largest absolute Gasteiger partial charge is 0.495 e. The highest BCUT2D eigenvalue weighted by Crippen LogP contribution is 2.46. The Labute approximate surface area is 246 Å². The number of ether oxygens (including phenoxy) is 3. The number of carbonyl (C=O) groups excluding carboxylic acids is 1. The normalized spacial score (nSPS) is 21.9. The zero-order chi connectivity index (χ0) is 32.5. The molecule has 39 heavy (non-hydrogen) atoms. The second kappa shape index (κ2) is 12.0. The van der Waals surface area contributed by atoms with Gasteiger partial charge in [0.1, 0.15) is 23.1 Å². The molecule has 0 bridgehead atoms. The first-order valence-electron chi connectivity index (χ1n) is 15.7. The number of carbonyl (C=O) groups is 1. The molecule has 2 aliphatic rings. The van der Waals surface area contributed by atoms with Gasteiger partial charge in [-0.1, -0.05) is 29.8 Å². The van der Waals surface area contributed by atoms with Gasteiger partial charge in [0.15, 0.2) is 5.78 Å². The van der Waals surface area contributed by atoms with Crippen molar-refractivity contribution in [3.63, 3.8) is 0 Å². The van der Waals surface area contributed by atoms with Crippen LogP contribution >= 0.6 is 23.2 Å². The number of anilines is 2. The van der Waals surface area contributed by atoms with Crippen LogP contribution in [0.5, 0.6) is 11.5 Å². The van der Waals surface area contributed by atoms with E-state index >= 15 is 0 Å². The number of nitrogens with one attached hydrogen (secondary N) is 2. The first kappa shape index (κ1) is 20.8. The van der Waals surface area contributed by atoms with Gasteiger partial charge in [-0.3, -0.25) is 4.79 Å². The number of halogens is 2. The monoisotopic (exact) mass is 576 g/mol. The maximum atomic E-state index is 12.1. The summed E-state index contributed by atoms with van der Waals surface area (Å²) < 4.78 is 61.2. The quantitative estimate of drug-likeness (QED) is 0.253. The van der Waals surface area contributed by atoms with E-state index in [1.54, 1.807) is 12.3 Å². The third-order valence-electron chi connectivity index (χ3n) is 7.10. The van der Waals surface area contributed by atoms with Gasteiger partial charge in [-0.05, 0) is 49.3 Å². The maximum Gasteiger partial charge on any atom is 0.155 e. The van der Waals surface area contributed by atoms with Crippen LogP contribution in [-0.2, 0) is 9.53 Å². The second-order valence-electron chi connectivity index (χ2n) is 9.80. The molecule has 10 heteroatoms. The summed E-state index contributed by atoms with van der Waals surface area (Å²) in [5, 5.41) is 7.83. The number of hydrogen-bond donors (Lipinski definition) is 2. The summed E-state index contributed by atoms with van der Waals surface area (Å²) in [4.78, 5) is 21.5.